The fourth-order valence-corrected chi connectivity index (χ4v) is 2.25. The van der Waals surface area contributed by atoms with Crippen molar-refractivity contribution in [1.82, 2.24) is 0 Å². The molecule has 138 valence electrons. The van der Waals surface area contributed by atoms with E-state index in [0.29, 0.717) is 32.5 Å². The number of Topliss-reactive ketones (excluding diaryl/α,β-unsaturated/α-hetero) is 1. The highest BCUT2D eigenvalue weighted by molar-refractivity contribution is 5.80. The van der Waals surface area contributed by atoms with Gasteiger partial charge in [0.15, 0.2) is 5.79 Å². The van der Waals surface area contributed by atoms with Crippen molar-refractivity contribution in [3.8, 4) is 0 Å². The number of rotatable bonds is 11. The minimum absolute atomic E-state index is 0.0319. The molecule has 0 bridgehead atoms. The van der Waals surface area contributed by atoms with Crippen LogP contribution in [-0.2, 0) is 33.3 Å². The van der Waals surface area contributed by atoms with Crippen molar-refractivity contribution >= 4 is 17.7 Å². The molecule has 2 unspecified atom stereocenters. The van der Waals surface area contributed by atoms with Gasteiger partial charge in [0.25, 0.3) is 0 Å². The Balaban J connectivity index is 1.98. The average molecular weight is 344 g/mol. The molecule has 0 amide bonds. The molecule has 0 saturated carbocycles. The number of hydrogen-bond donors (Lipinski definition) is 0. The summed E-state index contributed by atoms with van der Waals surface area (Å²) < 4.78 is 21.2. The SMILES string of the molecule is CC(=O)CCC(=O)OCCCCOC(=O)CCC1(C)OCC(C)O1. The first-order valence-electron chi connectivity index (χ1n) is 8.43. The summed E-state index contributed by atoms with van der Waals surface area (Å²) in [7, 11) is 0. The van der Waals surface area contributed by atoms with E-state index in [1.165, 1.54) is 6.92 Å². The average Bonchev–Trinajstić information content (AvgIpc) is 2.86. The Hall–Kier alpha value is -1.47. The summed E-state index contributed by atoms with van der Waals surface area (Å²) in [6.45, 7) is 6.29. The molecule has 0 aromatic heterocycles. The second kappa shape index (κ2) is 10.4. The predicted octanol–water partition coefficient (Wildman–Crippen LogP) is 2.15. The maximum absolute atomic E-state index is 11.7. The molecule has 1 fully saturated rings. The number of esters is 2. The fraction of sp³-hybridized carbons (Fsp3) is 0.824. The van der Waals surface area contributed by atoms with Gasteiger partial charge in [-0.1, -0.05) is 0 Å². The van der Waals surface area contributed by atoms with Gasteiger partial charge in [0.05, 0.1) is 38.8 Å². The Morgan fingerprint density at radius 2 is 1.62 bits per heavy atom. The molecule has 7 heteroatoms. The Bertz CT molecular complexity index is 435. The van der Waals surface area contributed by atoms with Gasteiger partial charge < -0.3 is 23.7 Å². The summed E-state index contributed by atoms with van der Waals surface area (Å²) in [6.07, 6.45) is 2.30. The summed E-state index contributed by atoms with van der Waals surface area (Å²) in [4.78, 5) is 33.7. The summed E-state index contributed by atoms with van der Waals surface area (Å²) in [5.41, 5.74) is 0. The standard InChI is InChI=1S/C17H28O7/c1-13(18)6-7-15(19)21-10-4-5-11-22-16(20)8-9-17(3)23-12-14(2)24-17/h14H,4-12H2,1-3H3. The molecule has 7 nitrogen and oxygen atoms in total. The first-order valence-corrected chi connectivity index (χ1v) is 8.43. The van der Waals surface area contributed by atoms with Gasteiger partial charge in [0.1, 0.15) is 5.78 Å². The van der Waals surface area contributed by atoms with E-state index in [4.69, 9.17) is 18.9 Å². The maximum atomic E-state index is 11.7. The van der Waals surface area contributed by atoms with E-state index in [2.05, 4.69) is 0 Å². The third kappa shape index (κ3) is 8.98. The lowest BCUT2D eigenvalue weighted by Crippen LogP contribution is -2.27. The third-order valence-electron chi connectivity index (χ3n) is 3.60. The second-order valence-corrected chi connectivity index (χ2v) is 6.22. The van der Waals surface area contributed by atoms with Crippen LogP contribution in [0.15, 0.2) is 0 Å². The van der Waals surface area contributed by atoms with E-state index < -0.39 is 5.79 Å². The van der Waals surface area contributed by atoms with E-state index in [9.17, 15) is 14.4 Å². The molecule has 1 heterocycles. The summed E-state index contributed by atoms with van der Waals surface area (Å²) in [5, 5.41) is 0. The normalized spacial score (nSPS) is 23.0. The topological polar surface area (TPSA) is 88.1 Å². The molecule has 0 aromatic rings. The van der Waals surface area contributed by atoms with Crippen molar-refractivity contribution in [3.63, 3.8) is 0 Å². The van der Waals surface area contributed by atoms with Gasteiger partial charge in [-0.15, -0.1) is 0 Å². The Labute approximate surface area is 143 Å². The van der Waals surface area contributed by atoms with Crippen LogP contribution in [0.3, 0.4) is 0 Å². The van der Waals surface area contributed by atoms with Crippen LogP contribution in [0.5, 0.6) is 0 Å². The number of hydrogen-bond acceptors (Lipinski definition) is 7. The fourth-order valence-electron chi connectivity index (χ4n) is 2.25. The monoisotopic (exact) mass is 344 g/mol. The highest BCUT2D eigenvalue weighted by atomic mass is 16.7. The van der Waals surface area contributed by atoms with Crippen molar-refractivity contribution in [2.45, 2.75) is 71.2 Å². The second-order valence-electron chi connectivity index (χ2n) is 6.22. The van der Waals surface area contributed by atoms with Crippen LogP contribution < -0.4 is 0 Å². The smallest absolute Gasteiger partial charge is 0.306 e. The quantitative estimate of drug-likeness (QED) is 0.419. The van der Waals surface area contributed by atoms with Crippen molar-refractivity contribution in [1.29, 1.82) is 0 Å². The minimum atomic E-state index is -0.702. The van der Waals surface area contributed by atoms with Crippen LogP contribution in [-0.4, -0.2) is 49.4 Å². The zero-order valence-electron chi connectivity index (χ0n) is 14.8. The van der Waals surface area contributed by atoms with Crippen LogP contribution >= 0.6 is 0 Å². The van der Waals surface area contributed by atoms with Crippen LogP contribution in [0.25, 0.3) is 0 Å². The molecule has 0 aromatic carbocycles. The van der Waals surface area contributed by atoms with Crippen LogP contribution in [0.1, 0.15) is 59.3 Å². The van der Waals surface area contributed by atoms with Crippen LogP contribution in [0, 0.1) is 0 Å². The molecule has 1 aliphatic heterocycles. The molecule has 1 rings (SSSR count). The molecule has 24 heavy (non-hydrogen) atoms. The number of carbonyl (C=O) groups is 3. The molecule has 0 spiro atoms. The third-order valence-corrected chi connectivity index (χ3v) is 3.60. The highest BCUT2D eigenvalue weighted by Gasteiger charge is 2.35. The summed E-state index contributed by atoms with van der Waals surface area (Å²) in [6, 6.07) is 0. The van der Waals surface area contributed by atoms with Crippen LogP contribution in [0.4, 0.5) is 0 Å². The Morgan fingerprint density at radius 3 is 2.12 bits per heavy atom. The lowest BCUT2D eigenvalue weighted by atomic mass is 10.2. The molecule has 0 N–H and O–H groups in total. The van der Waals surface area contributed by atoms with Crippen molar-refractivity contribution in [2.24, 2.45) is 0 Å². The Morgan fingerprint density at radius 1 is 1.04 bits per heavy atom. The largest absolute Gasteiger partial charge is 0.466 e. The number of ketones is 1. The van der Waals surface area contributed by atoms with E-state index >= 15 is 0 Å². The molecule has 2 atom stereocenters. The first kappa shape index (κ1) is 20.6. The van der Waals surface area contributed by atoms with Crippen molar-refractivity contribution < 1.29 is 33.3 Å². The van der Waals surface area contributed by atoms with Crippen molar-refractivity contribution in [2.75, 3.05) is 19.8 Å². The number of unbranched alkanes of at least 4 members (excludes halogenated alkanes) is 1. The van der Waals surface area contributed by atoms with Crippen LogP contribution in [0.2, 0.25) is 0 Å². The molecule has 0 aliphatic carbocycles. The number of carbonyl (C=O) groups excluding carboxylic acids is 3. The Kier molecular flexibility index (Phi) is 8.92. The zero-order chi connectivity index (χ0) is 18.0. The lowest BCUT2D eigenvalue weighted by Gasteiger charge is -2.22. The number of ether oxygens (including phenoxy) is 4. The molecule has 1 aliphatic rings. The predicted molar refractivity (Wildman–Crippen MR) is 85.2 cm³/mol. The van der Waals surface area contributed by atoms with Gasteiger partial charge in [-0.25, -0.2) is 0 Å². The molecule has 1 saturated heterocycles. The zero-order valence-corrected chi connectivity index (χ0v) is 14.8. The van der Waals surface area contributed by atoms with E-state index in [1.54, 1.807) is 0 Å². The summed E-state index contributed by atoms with van der Waals surface area (Å²) in [5.74, 6) is -1.40. The van der Waals surface area contributed by atoms with Gasteiger partial charge in [-0.05, 0) is 33.6 Å². The van der Waals surface area contributed by atoms with Gasteiger partial charge in [0.2, 0.25) is 0 Å². The van der Waals surface area contributed by atoms with Gasteiger partial charge in [-0.3, -0.25) is 9.59 Å². The van der Waals surface area contributed by atoms with Crippen molar-refractivity contribution in [3.05, 3.63) is 0 Å². The van der Waals surface area contributed by atoms with Gasteiger partial charge >= 0.3 is 11.9 Å². The highest BCUT2D eigenvalue weighted by Crippen LogP contribution is 2.27. The molecule has 0 radical (unpaired) electrons. The van der Waals surface area contributed by atoms with E-state index in [1.807, 2.05) is 13.8 Å². The molecular formula is C17H28O7. The molecular weight excluding hydrogens is 316 g/mol. The first-order chi connectivity index (χ1) is 11.3. The maximum Gasteiger partial charge on any atom is 0.306 e. The summed E-state index contributed by atoms with van der Waals surface area (Å²) >= 11 is 0. The van der Waals surface area contributed by atoms with Gasteiger partial charge in [0, 0.05) is 12.8 Å². The van der Waals surface area contributed by atoms with Gasteiger partial charge in [-0.2, -0.15) is 0 Å². The van der Waals surface area contributed by atoms with E-state index in [-0.39, 0.29) is 49.7 Å². The lowest BCUT2D eigenvalue weighted by molar-refractivity contribution is -0.166. The minimum Gasteiger partial charge on any atom is -0.466 e. The van der Waals surface area contributed by atoms with E-state index in [0.717, 1.165) is 0 Å².